The smallest absolute Gasteiger partial charge is 0.244 e. The number of amides is 1. The summed E-state index contributed by atoms with van der Waals surface area (Å²) in [6, 6.07) is 8.09. The fraction of sp³-hybridized carbons (Fsp3) is 0.250. The van der Waals surface area contributed by atoms with Crippen LogP contribution in [0.3, 0.4) is 0 Å². The van der Waals surface area contributed by atoms with Gasteiger partial charge in [0.15, 0.2) is 0 Å². The van der Waals surface area contributed by atoms with Gasteiger partial charge in [0, 0.05) is 37.8 Å². The Morgan fingerprint density at radius 3 is 2.90 bits per heavy atom. The van der Waals surface area contributed by atoms with E-state index in [0.29, 0.717) is 6.54 Å². The highest BCUT2D eigenvalue weighted by molar-refractivity contribution is 7.09. The van der Waals surface area contributed by atoms with Gasteiger partial charge >= 0.3 is 0 Å². The SMILES string of the molecule is Cc1nc(/C=C\C(=O)NCc2cccc(N(C)C)c2)cs1. The van der Waals surface area contributed by atoms with Crippen LogP contribution < -0.4 is 10.2 Å². The topological polar surface area (TPSA) is 45.2 Å². The van der Waals surface area contributed by atoms with E-state index in [1.165, 1.54) is 6.08 Å². The molecule has 1 N–H and O–H groups in total. The number of nitrogens with zero attached hydrogens (tertiary/aromatic N) is 2. The van der Waals surface area contributed by atoms with Crippen molar-refractivity contribution in [3.63, 3.8) is 0 Å². The average Bonchev–Trinajstić information content (AvgIpc) is 2.89. The first-order valence-corrected chi connectivity index (χ1v) is 7.57. The van der Waals surface area contributed by atoms with Crippen LogP contribution in [0.5, 0.6) is 0 Å². The van der Waals surface area contributed by atoms with Crippen molar-refractivity contribution < 1.29 is 4.79 Å². The second-order valence-electron chi connectivity index (χ2n) is 4.91. The molecule has 0 radical (unpaired) electrons. The quantitative estimate of drug-likeness (QED) is 0.864. The second kappa shape index (κ2) is 7.04. The number of benzene rings is 1. The Morgan fingerprint density at radius 2 is 2.24 bits per heavy atom. The molecule has 0 aliphatic heterocycles. The predicted molar refractivity (Wildman–Crippen MR) is 88.5 cm³/mol. The van der Waals surface area contributed by atoms with E-state index in [-0.39, 0.29) is 5.91 Å². The van der Waals surface area contributed by atoms with Gasteiger partial charge in [-0.25, -0.2) is 4.98 Å². The van der Waals surface area contributed by atoms with Crippen LogP contribution in [0.1, 0.15) is 16.3 Å². The predicted octanol–water partition coefficient (Wildman–Crippen LogP) is 2.85. The molecule has 0 atom stereocenters. The van der Waals surface area contributed by atoms with Crippen molar-refractivity contribution in [2.24, 2.45) is 0 Å². The Balaban J connectivity index is 1.89. The summed E-state index contributed by atoms with van der Waals surface area (Å²) in [5.41, 5.74) is 3.02. The third-order valence-electron chi connectivity index (χ3n) is 2.94. The van der Waals surface area contributed by atoms with Gasteiger partial charge in [-0.1, -0.05) is 12.1 Å². The second-order valence-corrected chi connectivity index (χ2v) is 5.97. The van der Waals surface area contributed by atoms with E-state index in [4.69, 9.17) is 0 Å². The zero-order valence-electron chi connectivity index (χ0n) is 12.5. The number of thiazole rings is 1. The Morgan fingerprint density at radius 1 is 1.43 bits per heavy atom. The summed E-state index contributed by atoms with van der Waals surface area (Å²) in [4.78, 5) is 18.1. The molecule has 0 unspecified atom stereocenters. The summed E-state index contributed by atoms with van der Waals surface area (Å²) in [5.74, 6) is -0.115. The molecule has 0 aliphatic carbocycles. The molecule has 0 aliphatic rings. The Kier molecular flexibility index (Phi) is 5.11. The molecule has 0 spiro atoms. The minimum absolute atomic E-state index is 0.115. The van der Waals surface area contributed by atoms with Gasteiger partial charge in [-0.05, 0) is 30.7 Å². The summed E-state index contributed by atoms with van der Waals surface area (Å²) in [5, 5.41) is 5.80. The number of rotatable bonds is 5. The van der Waals surface area contributed by atoms with Crippen LogP contribution in [0, 0.1) is 6.92 Å². The Bertz CT molecular complexity index is 646. The summed E-state index contributed by atoms with van der Waals surface area (Å²) < 4.78 is 0. The minimum atomic E-state index is -0.115. The van der Waals surface area contributed by atoms with E-state index in [1.54, 1.807) is 17.4 Å². The molecule has 2 aromatic rings. The molecule has 21 heavy (non-hydrogen) atoms. The van der Waals surface area contributed by atoms with Crippen molar-refractivity contribution >= 4 is 29.0 Å². The highest BCUT2D eigenvalue weighted by Crippen LogP contribution is 2.13. The van der Waals surface area contributed by atoms with Crippen molar-refractivity contribution in [1.82, 2.24) is 10.3 Å². The highest BCUT2D eigenvalue weighted by Gasteiger charge is 2.00. The zero-order valence-corrected chi connectivity index (χ0v) is 13.3. The lowest BCUT2D eigenvalue weighted by Gasteiger charge is -2.13. The van der Waals surface area contributed by atoms with Gasteiger partial charge in [-0.15, -0.1) is 11.3 Å². The van der Waals surface area contributed by atoms with E-state index in [9.17, 15) is 4.79 Å². The molecule has 0 saturated heterocycles. The van der Waals surface area contributed by atoms with Crippen molar-refractivity contribution in [1.29, 1.82) is 0 Å². The van der Waals surface area contributed by atoms with Crippen LogP contribution in [-0.4, -0.2) is 25.0 Å². The van der Waals surface area contributed by atoms with E-state index < -0.39 is 0 Å². The van der Waals surface area contributed by atoms with Gasteiger partial charge in [0.2, 0.25) is 5.91 Å². The molecular formula is C16H19N3OS. The standard InChI is InChI=1S/C16H19N3OS/c1-12-18-14(11-21-12)7-8-16(20)17-10-13-5-4-6-15(9-13)19(2)3/h4-9,11H,10H2,1-3H3,(H,17,20)/b8-7-. The number of carbonyl (C=O) groups excluding carboxylic acids is 1. The molecule has 0 saturated carbocycles. The van der Waals surface area contributed by atoms with Crippen LogP contribution in [-0.2, 0) is 11.3 Å². The molecular weight excluding hydrogens is 282 g/mol. The van der Waals surface area contributed by atoms with E-state index >= 15 is 0 Å². The summed E-state index contributed by atoms with van der Waals surface area (Å²) in [6.45, 7) is 2.46. The monoisotopic (exact) mass is 301 g/mol. The maximum Gasteiger partial charge on any atom is 0.244 e. The van der Waals surface area contributed by atoms with Crippen molar-refractivity contribution in [3.05, 3.63) is 52.0 Å². The molecule has 5 heteroatoms. The van der Waals surface area contributed by atoms with Crippen LogP contribution >= 0.6 is 11.3 Å². The Hall–Kier alpha value is -2.14. The largest absolute Gasteiger partial charge is 0.378 e. The lowest BCUT2D eigenvalue weighted by molar-refractivity contribution is -0.116. The summed E-state index contributed by atoms with van der Waals surface area (Å²) >= 11 is 1.57. The average molecular weight is 301 g/mol. The lowest BCUT2D eigenvalue weighted by Crippen LogP contribution is -2.20. The number of hydrogen-bond donors (Lipinski definition) is 1. The number of nitrogens with one attached hydrogen (secondary N) is 1. The summed E-state index contributed by atoms with van der Waals surface area (Å²) in [7, 11) is 3.99. The van der Waals surface area contributed by atoms with Gasteiger partial charge in [0.25, 0.3) is 0 Å². The summed E-state index contributed by atoms with van der Waals surface area (Å²) in [6.07, 6.45) is 3.25. The van der Waals surface area contributed by atoms with Crippen molar-refractivity contribution in [2.75, 3.05) is 19.0 Å². The molecule has 0 fully saturated rings. The van der Waals surface area contributed by atoms with E-state index in [0.717, 1.165) is 22.0 Å². The number of hydrogen-bond acceptors (Lipinski definition) is 4. The maximum atomic E-state index is 11.8. The van der Waals surface area contributed by atoms with Crippen LogP contribution in [0.4, 0.5) is 5.69 Å². The zero-order chi connectivity index (χ0) is 15.2. The first-order chi connectivity index (χ1) is 10.0. The van der Waals surface area contributed by atoms with Gasteiger partial charge in [-0.2, -0.15) is 0 Å². The van der Waals surface area contributed by atoms with Gasteiger partial charge < -0.3 is 10.2 Å². The molecule has 4 nitrogen and oxygen atoms in total. The molecule has 0 bridgehead atoms. The first-order valence-electron chi connectivity index (χ1n) is 6.69. The van der Waals surface area contributed by atoms with E-state index in [2.05, 4.69) is 16.4 Å². The number of aryl methyl sites for hydroxylation is 1. The fourth-order valence-electron chi connectivity index (χ4n) is 1.81. The fourth-order valence-corrected chi connectivity index (χ4v) is 2.39. The molecule has 110 valence electrons. The number of aromatic nitrogens is 1. The molecule has 2 rings (SSSR count). The normalized spacial score (nSPS) is 10.8. The highest BCUT2D eigenvalue weighted by atomic mass is 32.1. The molecule has 1 amide bonds. The molecule has 1 aromatic heterocycles. The number of anilines is 1. The molecule has 1 heterocycles. The van der Waals surface area contributed by atoms with Crippen molar-refractivity contribution in [3.8, 4) is 0 Å². The van der Waals surface area contributed by atoms with E-state index in [1.807, 2.05) is 49.5 Å². The van der Waals surface area contributed by atoms with Crippen LogP contribution in [0.15, 0.2) is 35.7 Å². The van der Waals surface area contributed by atoms with Crippen molar-refractivity contribution in [2.45, 2.75) is 13.5 Å². The van der Waals surface area contributed by atoms with Gasteiger partial charge in [0.05, 0.1) is 10.7 Å². The first kappa shape index (κ1) is 15.3. The maximum absolute atomic E-state index is 11.8. The van der Waals surface area contributed by atoms with Crippen LogP contribution in [0.2, 0.25) is 0 Å². The molecule has 1 aromatic carbocycles. The number of carbonyl (C=O) groups is 1. The third kappa shape index (κ3) is 4.72. The third-order valence-corrected chi connectivity index (χ3v) is 3.73. The minimum Gasteiger partial charge on any atom is -0.378 e. The van der Waals surface area contributed by atoms with Gasteiger partial charge in [0.1, 0.15) is 0 Å². The Labute approximate surface area is 129 Å². The van der Waals surface area contributed by atoms with Crippen LogP contribution in [0.25, 0.3) is 6.08 Å². The van der Waals surface area contributed by atoms with Gasteiger partial charge in [-0.3, -0.25) is 4.79 Å². The lowest BCUT2D eigenvalue weighted by atomic mass is 10.2.